The standard InChI is InChI=1S/C9H9ClN6O3S/c10-7-14-8(12)16-9(15-7)13-4-1-2-5(11)6(3-4)20(17,18)19/h1-3H,11H2,(H,17,18,19)(H3,12,13,14,15,16). The molecule has 106 valence electrons. The lowest BCUT2D eigenvalue weighted by atomic mass is 10.3. The molecule has 0 aliphatic rings. The van der Waals surface area contributed by atoms with E-state index in [0.29, 0.717) is 0 Å². The van der Waals surface area contributed by atoms with Crippen molar-refractivity contribution in [3.8, 4) is 0 Å². The van der Waals surface area contributed by atoms with Crippen LogP contribution in [-0.4, -0.2) is 27.9 Å². The summed E-state index contributed by atoms with van der Waals surface area (Å²) in [6, 6.07) is 3.90. The van der Waals surface area contributed by atoms with Gasteiger partial charge in [0.1, 0.15) is 4.90 Å². The van der Waals surface area contributed by atoms with Crippen molar-refractivity contribution in [2.45, 2.75) is 4.90 Å². The van der Waals surface area contributed by atoms with Gasteiger partial charge < -0.3 is 16.8 Å². The van der Waals surface area contributed by atoms with Crippen LogP contribution in [0.3, 0.4) is 0 Å². The van der Waals surface area contributed by atoms with Crippen molar-refractivity contribution in [2.24, 2.45) is 0 Å². The summed E-state index contributed by atoms with van der Waals surface area (Å²) in [5.74, 6) is -0.0773. The maximum absolute atomic E-state index is 11.1. The first-order chi connectivity index (χ1) is 9.25. The summed E-state index contributed by atoms with van der Waals surface area (Å²) in [6.45, 7) is 0. The molecule has 9 nitrogen and oxygen atoms in total. The monoisotopic (exact) mass is 316 g/mol. The van der Waals surface area contributed by atoms with Crippen molar-refractivity contribution in [3.05, 3.63) is 23.5 Å². The molecule has 0 amide bonds. The molecule has 0 fully saturated rings. The Bertz CT molecular complexity index is 746. The van der Waals surface area contributed by atoms with Crippen LogP contribution < -0.4 is 16.8 Å². The van der Waals surface area contributed by atoms with Crippen LogP contribution in [0.5, 0.6) is 0 Å². The maximum Gasteiger partial charge on any atom is 0.296 e. The number of hydrogen-bond donors (Lipinski definition) is 4. The van der Waals surface area contributed by atoms with Crippen LogP contribution in [0.15, 0.2) is 23.1 Å². The normalized spacial score (nSPS) is 11.3. The summed E-state index contributed by atoms with van der Waals surface area (Å²) < 4.78 is 31.3. The molecule has 0 radical (unpaired) electrons. The minimum absolute atomic E-state index is 0.0218. The van der Waals surface area contributed by atoms with Gasteiger partial charge in [-0.25, -0.2) is 0 Å². The number of halogens is 1. The average Bonchev–Trinajstić information content (AvgIpc) is 2.29. The van der Waals surface area contributed by atoms with Crippen LogP contribution >= 0.6 is 11.6 Å². The molecule has 0 aliphatic carbocycles. The van der Waals surface area contributed by atoms with E-state index >= 15 is 0 Å². The van der Waals surface area contributed by atoms with E-state index in [0.717, 1.165) is 6.07 Å². The molecule has 1 aromatic carbocycles. The van der Waals surface area contributed by atoms with Crippen molar-refractivity contribution < 1.29 is 13.0 Å². The number of nitrogens with zero attached hydrogens (tertiary/aromatic N) is 3. The van der Waals surface area contributed by atoms with Gasteiger partial charge in [0, 0.05) is 5.69 Å². The van der Waals surface area contributed by atoms with Gasteiger partial charge in [-0.15, -0.1) is 0 Å². The molecule has 0 spiro atoms. The lowest BCUT2D eigenvalue weighted by molar-refractivity contribution is 0.483. The van der Waals surface area contributed by atoms with Gasteiger partial charge in [-0.3, -0.25) is 4.55 Å². The number of benzene rings is 1. The van der Waals surface area contributed by atoms with Gasteiger partial charge in [0.15, 0.2) is 0 Å². The Hall–Kier alpha value is -2.17. The highest BCUT2D eigenvalue weighted by molar-refractivity contribution is 7.86. The van der Waals surface area contributed by atoms with Gasteiger partial charge >= 0.3 is 0 Å². The lowest BCUT2D eigenvalue weighted by Crippen LogP contribution is -2.06. The fourth-order valence-corrected chi connectivity index (χ4v) is 2.19. The average molecular weight is 317 g/mol. The first-order valence-electron chi connectivity index (χ1n) is 5.07. The topological polar surface area (TPSA) is 157 Å². The molecule has 0 atom stereocenters. The highest BCUT2D eigenvalue weighted by Gasteiger charge is 2.15. The summed E-state index contributed by atoms with van der Waals surface area (Å²) in [5.41, 5.74) is 11.0. The Morgan fingerprint density at radius 2 is 1.90 bits per heavy atom. The summed E-state index contributed by atoms with van der Waals surface area (Å²) >= 11 is 5.61. The van der Waals surface area contributed by atoms with Crippen molar-refractivity contribution in [3.63, 3.8) is 0 Å². The molecule has 20 heavy (non-hydrogen) atoms. The van der Waals surface area contributed by atoms with Gasteiger partial charge in [0.2, 0.25) is 17.2 Å². The number of nitrogens with one attached hydrogen (secondary N) is 1. The summed E-state index contributed by atoms with van der Waals surface area (Å²) in [4.78, 5) is 10.7. The van der Waals surface area contributed by atoms with E-state index in [1.807, 2.05) is 0 Å². The van der Waals surface area contributed by atoms with Crippen molar-refractivity contribution in [2.75, 3.05) is 16.8 Å². The second-order valence-corrected chi connectivity index (χ2v) is 5.37. The van der Waals surface area contributed by atoms with E-state index in [9.17, 15) is 8.42 Å². The molecule has 0 saturated carbocycles. The summed E-state index contributed by atoms with van der Waals surface area (Å²) in [7, 11) is -4.43. The predicted octanol–water partition coefficient (Wildman–Crippen LogP) is 0.680. The third-order valence-electron chi connectivity index (χ3n) is 2.17. The Morgan fingerprint density at radius 1 is 1.20 bits per heavy atom. The van der Waals surface area contributed by atoms with Crippen molar-refractivity contribution in [1.82, 2.24) is 15.0 Å². The van der Waals surface area contributed by atoms with Gasteiger partial charge in [0.05, 0.1) is 5.69 Å². The van der Waals surface area contributed by atoms with Crippen LogP contribution in [-0.2, 0) is 10.1 Å². The Morgan fingerprint density at radius 3 is 2.50 bits per heavy atom. The third-order valence-corrected chi connectivity index (χ3v) is 3.25. The van der Waals surface area contributed by atoms with Crippen molar-refractivity contribution in [1.29, 1.82) is 0 Å². The van der Waals surface area contributed by atoms with Crippen LogP contribution in [0.1, 0.15) is 0 Å². The van der Waals surface area contributed by atoms with Gasteiger partial charge in [0.25, 0.3) is 10.1 Å². The second kappa shape index (κ2) is 5.07. The fraction of sp³-hybridized carbons (Fsp3) is 0. The van der Waals surface area contributed by atoms with E-state index in [1.165, 1.54) is 12.1 Å². The van der Waals surface area contributed by atoms with Crippen LogP contribution in [0, 0.1) is 0 Å². The predicted molar refractivity (Wildman–Crippen MR) is 73.2 cm³/mol. The second-order valence-electron chi connectivity index (χ2n) is 3.64. The lowest BCUT2D eigenvalue weighted by Gasteiger charge is -2.08. The highest BCUT2D eigenvalue weighted by Crippen LogP contribution is 2.24. The number of rotatable bonds is 3. The third kappa shape index (κ3) is 3.23. The Kier molecular flexibility index (Phi) is 3.61. The molecular weight excluding hydrogens is 308 g/mol. The van der Waals surface area contributed by atoms with Gasteiger partial charge in [-0.05, 0) is 29.8 Å². The van der Waals surface area contributed by atoms with Gasteiger partial charge in [-0.2, -0.15) is 23.4 Å². The molecule has 11 heteroatoms. The molecule has 2 aromatic rings. The maximum atomic E-state index is 11.1. The first kappa shape index (κ1) is 14.2. The zero-order valence-electron chi connectivity index (χ0n) is 9.78. The SMILES string of the molecule is Nc1nc(Cl)nc(Nc2ccc(N)c(S(=O)(=O)O)c2)n1. The van der Waals surface area contributed by atoms with E-state index in [4.69, 9.17) is 27.6 Å². The molecule has 0 bridgehead atoms. The quantitative estimate of drug-likeness (QED) is 0.472. The Labute approximate surface area is 118 Å². The molecule has 1 aromatic heterocycles. The number of anilines is 4. The first-order valence-corrected chi connectivity index (χ1v) is 6.88. The number of hydrogen-bond acceptors (Lipinski definition) is 8. The van der Waals surface area contributed by atoms with Gasteiger partial charge in [-0.1, -0.05) is 0 Å². The van der Waals surface area contributed by atoms with Crippen LogP contribution in [0.2, 0.25) is 5.28 Å². The molecule has 6 N–H and O–H groups in total. The smallest absolute Gasteiger partial charge is 0.296 e. The fourth-order valence-electron chi connectivity index (χ4n) is 1.39. The largest absolute Gasteiger partial charge is 0.398 e. The summed E-state index contributed by atoms with van der Waals surface area (Å²) in [5, 5.41) is 2.55. The number of nitrogens with two attached hydrogens (primary N) is 2. The van der Waals surface area contributed by atoms with E-state index in [2.05, 4.69) is 20.3 Å². The molecule has 1 heterocycles. The molecule has 0 aliphatic heterocycles. The Balaban J connectivity index is 2.40. The van der Waals surface area contributed by atoms with E-state index in [-0.39, 0.29) is 28.6 Å². The number of nitrogen functional groups attached to an aromatic ring is 2. The van der Waals surface area contributed by atoms with E-state index in [1.54, 1.807) is 0 Å². The molecule has 0 unspecified atom stereocenters. The number of aromatic nitrogens is 3. The van der Waals surface area contributed by atoms with Crippen LogP contribution in [0.4, 0.5) is 23.3 Å². The zero-order valence-corrected chi connectivity index (χ0v) is 11.4. The minimum atomic E-state index is -4.43. The zero-order chi connectivity index (χ0) is 14.9. The molecular formula is C9H9ClN6O3S. The van der Waals surface area contributed by atoms with Crippen LogP contribution in [0.25, 0.3) is 0 Å². The molecule has 0 saturated heterocycles. The van der Waals surface area contributed by atoms with E-state index < -0.39 is 15.0 Å². The minimum Gasteiger partial charge on any atom is -0.398 e. The summed E-state index contributed by atoms with van der Waals surface area (Å²) in [6.07, 6.45) is 0. The molecule has 2 rings (SSSR count). The highest BCUT2D eigenvalue weighted by atomic mass is 35.5. The van der Waals surface area contributed by atoms with Crippen molar-refractivity contribution >= 4 is 45.0 Å².